The van der Waals surface area contributed by atoms with E-state index in [1.54, 1.807) is 0 Å². The number of anilines is 1. The van der Waals surface area contributed by atoms with Crippen LogP contribution in [-0.4, -0.2) is 16.3 Å². The Balaban J connectivity index is 2.12. The number of nitrogens with zero attached hydrogens (tertiary/aromatic N) is 2. The molecule has 0 saturated heterocycles. The van der Waals surface area contributed by atoms with Crippen molar-refractivity contribution in [2.24, 2.45) is 7.05 Å². The molecule has 4 nitrogen and oxygen atoms in total. The molecule has 0 aliphatic carbocycles. The summed E-state index contributed by atoms with van der Waals surface area (Å²) in [6, 6.07) is 6.00. The number of nitrogens with one attached hydrogen (secondary N) is 1. The van der Waals surface area contributed by atoms with E-state index in [4.69, 9.17) is 4.42 Å². The van der Waals surface area contributed by atoms with Gasteiger partial charge in [-0.2, -0.15) is 5.10 Å². The molecule has 1 aromatic carbocycles. The second-order valence-corrected chi connectivity index (χ2v) is 5.59. The fourth-order valence-corrected chi connectivity index (χ4v) is 2.60. The molecule has 0 bridgehead atoms. The van der Waals surface area contributed by atoms with Crippen LogP contribution in [0.1, 0.15) is 19.8 Å². The molecule has 0 aliphatic rings. The summed E-state index contributed by atoms with van der Waals surface area (Å²) in [7, 11) is 1.94. The molecule has 19 heavy (non-hydrogen) atoms. The number of hydrogen-bond donors (Lipinski definition) is 1. The molecule has 0 radical (unpaired) electrons. The van der Waals surface area contributed by atoms with Crippen molar-refractivity contribution in [3.05, 3.63) is 22.7 Å². The summed E-state index contributed by atoms with van der Waals surface area (Å²) in [5.41, 5.74) is 2.63. The first-order chi connectivity index (χ1) is 9.20. The van der Waals surface area contributed by atoms with Gasteiger partial charge in [0.2, 0.25) is 0 Å². The van der Waals surface area contributed by atoms with Crippen LogP contribution in [0, 0.1) is 0 Å². The van der Waals surface area contributed by atoms with Crippen molar-refractivity contribution in [1.82, 2.24) is 9.78 Å². The number of furan rings is 1. The molecule has 2 aromatic heterocycles. The Hall–Kier alpha value is -1.49. The lowest BCUT2D eigenvalue weighted by atomic mass is 10.2. The molecular formula is C14H16BrN3O. The average molecular weight is 322 g/mol. The highest BCUT2D eigenvalue weighted by atomic mass is 79.9. The molecule has 0 aliphatic heterocycles. The number of aryl methyl sites for hydroxylation is 1. The van der Waals surface area contributed by atoms with Gasteiger partial charge in [-0.05, 0) is 24.6 Å². The zero-order valence-corrected chi connectivity index (χ0v) is 12.6. The van der Waals surface area contributed by atoms with E-state index in [9.17, 15) is 0 Å². The van der Waals surface area contributed by atoms with Gasteiger partial charge in [0.1, 0.15) is 11.1 Å². The molecule has 0 atom stereocenters. The highest BCUT2D eigenvalue weighted by Gasteiger charge is 2.16. The fraction of sp³-hybridized carbons (Fsp3) is 0.357. The van der Waals surface area contributed by atoms with Gasteiger partial charge in [0.05, 0.1) is 0 Å². The second kappa shape index (κ2) is 4.89. The average Bonchev–Trinajstić information content (AvgIpc) is 2.87. The SMILES string of the molecule is CCCCNc1c2oc3ccc(Br)cc3c2nn1C. The van der Waals surface area contributed by atoms with Gasteiger partial charge in [-0.1, -0.05) is 29.3 Å². The van der Waals surface area contributed by atoms with Gasteiger partial charge in [-0.25, -0.2) is 4.68 Å². The molecule has 0 amide bonds. The maximum absolute atomic E-state index is 5.92. The normalized spacial score (nSPS) is 11.5. The first-order valence-corrected chi connectivity index (χ1v) is 7.28. The summed E-state index contributed by atoms with van der Waals surface area (Å²) in [4.78, 5) is 0. The number of halogens is 1. The number of aromatic nitrogens is 2. The number of unbranched alkanes of at least 4 members (excludes halogenated alkanes) is 1. The summed E-state index contributed by atoms with van der Waals surface area (Å²) in [6.07, 6.45) is 2.31. The van der Waals surface area contributed by atoms with E-state index in [2.05, 4.69) is 33.3 Å². The minimum atomic E-state index is 0.840. The number of fused-ring (bicyclic) bond motifs is 3. The van der Waals surface area contributed by atoms with E-state index in [1.807, 2.05) is 29.9 Å². The standard InChI is InChI=1S/C14H16BrN3O/c1-3-4-7-16-14-13-12(17-18(14)2)10-8-9(15)5-6-11(10)19-13/h5-6,8,16H,3-4,7H2,1-2H3. The molecule has 0 unspecified atom stereocenters. The largest absolute Gasteiger partial charge is 0.450 e. The minimum Gasteiger partial charge on any atom is -0.450 e. The fourth-order valence-electron chi connectivity index (χ4n) is 2.24. The van der Waals surface area contributed by atoms with Crippen molar-refractivity contribution < 1.29 is 4.42 Å². The molecule has 3 rings (SSSR count). The Morgan fingerprint density at radius 2 is 2.26 bits per heavy atom. The zero-order chi connectivity index (χ0) is 13.4. The third-order valence-electron chi connectivity index (χ3n) is 3.24. The van der Waals surface area contributed by atoms with Crippen LogP contribution in [0.5, 0.6) is 0 Å². The van der Waals surface area contributed by atoms with Crippen molar-refractivity contribution in [1.29, 1.82) is 0 Å². The Labute approximate surface area is 119 Å². The molecule has 3 aromatic rings. The van der Waals surface area contributed by atoms with Crippen molar-refractivity contribution in [2.45, 2.75) is 19.8 Å². The summed E-state index contributed by atoms with van der Waals surface area (Å²) < 4.78 is 8.81. The Kier molecular flexibility index (Phi) is 3.22. The minimum absolute atomic E-state index is 0.840. The summed E-state index contributed by atoms with van der Waals surface area (Å²) >= 11 is 3.49. The first-order valence-electron chi connectivity index (χ1n) is 6.49. The van der Waals surface area contributed by atoms with Crippen LogP contribution in [0.4, 0.5) is 5.82 Å². The van der Waals surface area contributed by atoms with Crippen molar-refractivity contribution in [3.8, 4) is 0 Å². The zero-order valence-electron chi connectivity index (χ0n) is 11.0. The van der Waals surface area contributed by atoms with Gasteiger partial charge >= 0.3 is 0 Å². The molecule has 100 valence electrons. The quantitative estimate of drug-likeness (QED) is 0.729. The maximum atomic E-state index is 5.92. The highest BCUT2D eigenvalue weighted by Crippen LogP contribution is 2.34. The van der Waals surface area contributed by atoms with Gasteiger partial charge in [0.15, 0.2) is 11.4 Å². The van der Waals surface area contributed by atoms with Crippen molar-refractivity contribution in [2.75, 3.05) is 11.9 Å². The first kappa shape index (κ1) is 12.5. The monoisotopic (exact) mass is 321 g/mol. The number of rotatable bonds is 4. The van der Waals surface area contributed by atoms with Crippen LogP contribution in [0.15, 0.2) is 27.1 Å². The smallest absolute Gasteiger partial charge is 0.197 e. The number of hydrogen-bond acceptors (Lipinski definition) is 3. The predicted molar refractivity (Wildman–Crippen MR) is 81.6 cm³/mol. The van der Waals surface area contributed by atoms with E-state index in [0.717, 1.165) is 45.3 Å². The van der Waals surface area contributed by atoms with Gasteiger partial charge in [-0.3, -0.25) is 0 Å². The van der Waals surface area contributed by atoms with Crippen LogP contribution in [0.25, 0.3) is 22.1 Å². The van der Waals surface area contributed by atoms with Crippen LogP contribution in [0.2, 0.25) is 0 Å². The lowest BCUT2D eigenvalue weighted by molar-refractivity contribution is 0.664. The Bertz CT molecular complexity index is 729. The highest BCUT2D eigenvalue weighted by molar-refractivity contribution is 9.10. The van der Waals surface area contributed by atoms with E-state index in [1.165, 1.54) is 6.42 Å². The Morgan fingerprint density at radius 1 is 1.42 bits per heavy atom. The third kappa shape index (κ3) is 2.12. The molecule has 1 N–H and O–H groups in total. The van der Waals surface area contributed by atoms with Gasteiger partial charge in [0, 0.05) is 23.5 Å². The molecule has 0 spiro atoms. The topological polar surface area (TPSA) is 43.0 Å². The summed E-state index contributed by atoms with van der Waals surface area (Å²) in [5, 5.41) is 9.01. The van der Waals surface area contributed by atoms with E-state index in [-0.39, 0.29) is 0 Å². The van der Waals surface area contributed by atoms with Gasteiger partial charge in [0.25, 0.3) is 0 Å². The Morgan fingerprint density at radius 3 is 3.05 bits per heavy atom. The lowest BCUT2D eigenvalue weighted by Crippen LogP contribution is -2.06. The van der Waals surface area contributed by atoms with E-state index in [0.29, 0.717) is 0 Å². The molecule has 0 fully saturated rings. The maximum Gasteiger partial charge on any atom is 0.197 e. The van der Waals surface area contributed by atoms with Crippen molar-refractivity contribution in [3.63, 3.8) is 0 Å². The number of benzene rings is 1. The molecule has 5 heteroatoms. The molecule has 2 heterocycles. The molecule has 0 saturated carbocycles. The van der Waals surface area contributed by atoms with Gasteiger partial charge in [-0.15, -0.1) is 0 Å². The van der Waals surface area contributed by atoms with Crippen LogP contribution in [0.3, 0.4) is 0 Å². The predicted octanol–water partition coefficient (Wildman–Crippen LogP) is 4.29. The van der Waals surface area contributed by atoms with Crippen LogP contribution in [-0.2, 0) is 7.05 Å². The second-order valence-electron chi connectivity index (χ2n) is 4.67. The summed E-state index contributed by atoms with van der Waals surface area (Å²) in [6.45, 7) is 3.12. The van der Waals surface area contributed by atoms with Gasteiger partial charge < -0.3 is 9.73 Å². The summed E-state index contributed by atoms with van der Waals surface area (Å²) in [5.74, 6) is 0.954. The van der Waals surface area contributed by atoms with Crippen LogP contribution >= 0.6 is 15.9 Å². The van der Waals surface area contributed by atoms with Crippen LogP contribution < -0.4 is 5.32 Å². The van der Waals surface area contributed by atoms with E-state index < -0.39 is 0 Å². The lowest BCUT2D eigenvalue weighted by Gasteiger charge is -2.04. The van der Waals surface area contributed by atoms with Crippen molar-refractivity contribution >= 4 is 43.8 Å². The van der Waals surface area contributed by atoms with E-state index >= 15 is 0 Å². The molecular weight excluding hydrogens is 306 g/mol. The third-order valence-corrected chi connectivity index (χ3v) is 3.73.